The number of allylic oxidation sites excluding steroid dienone is 2. The summed E-state index contributed by atoms with van der Waals surface area (Å²) in [5, 5.41) is 11.0. The van der Waals surface area contributed by atoms with Crippen LogP contribution in [0.2, 0.25) is 0 Å². The Morgan fingerprint density at radius 2 is 1.92 bits per heavy atom. The lowest BCUT2D eigenvalue weighted by atomic mass is 9.95. The lowest BCUT2D eigenvalue weighted by Gasteiger charge is -2.34. The van der Waals surface area contributed by atoms with Gasteiger partial charge < -0.3 is 10.1 Å². The topological polar surface area (TPSA) is 87.7 Å². The second-order valence-corrected chi connectivity index (χ2v) is 5.42. The summed E-state index contributed by atoms with van der Waals surface area (Å²) >= 11 is 0. The molecule has 0 aliphatic rings. The van der Waals surface area contributed by atoms with Crippen LogP contribution in [0.15, 0.2) is 36.4 Å². The van der Waals surface area contributed by atoms with Crippen LogP contribution in [-0.4, -0.2) is 42.2 Å². The number of carbonyl (C=O) groups excluding carboxylic acids is 2. The van der Waals surface area contributed by atoms with Crippen LogP contribution < -0.4 is 10.8 Å². The van der Waals surface area contributed by atoms with E-state index in [4.69, 9.17) is 9.94 Å². The Morgan fingerprint density at radius 1 is 1.31 bits per heavy atom. The van der Waals surface area contributed by atoms with Gasteiger partial charge in [0.05, 0.1) is 0 Å². The molecule has 0 spiro atoms. The van der Waals surface area contributed by atoms with E-state index < -0.39 is 29.9 Å². The van der Waals surface area contributed by atoms with Gasteiger partial charge in [0.25, 0.3) is 18.2 Å². The van der Waals surface area contributed by atoms with Crippen molar-refractivity contribution in [3.63, 3.8) is 0 Å². The number of hydroxylamine groups is 1. The zero-order valence-corrected chi connectivity index (χ0v) is 14.5. The molecule has 1 aromatic rings. The predicted octanol–water partition coefficient (Wildman–Crippen LogP) is 1.89. The van der Waals surface area contributed by atoms with Crippen LogP contribution in [0.3, 0.4) is 0 Å². The van der Waals surface area contributed by atoms with Crippen LogP contribution in [-0.2, 0) is 9.53 Å². The average Bonchev–Trinajstić information content (AvgIpc) is 2.65. The van der Waals surface area contributed by atoms with Gasteiger partial charge in [-0.05, 0) is 44.2 Å². The second kappa shape index (κ2) is 9.65. The summed E-state index contributed by atoms with van der Waals surface area (Å²) in [6.45, 7) is 2.78. The van der Waals surface area contributed by atoms with E-state index in [-0.39, 0.29) is 5.56 Å². The third kappa shape index (κ3) is 5.12. The summed E-state index contributed by atoms with van der Waals surface area (Å²) in [7, 11) is 0.980. The lowest BCUT2D eigenvalue weighted by molar-refractivity contribution is -0.157. The van der Waals surface area contributed by atoms with Gasteiger partial charge in [-0.2, -0.15) is 0 Å². The molecule has 0 bridgehead atoms. The molecule has 1 unspecified atom stereocenters. The largest absolute Gasteiger partial charge is 0.370 e. The summed E-state index contributed by atoms with van der Waals surface area (Å²) in [6, 6.07) is 4.22. The van der Waals surface area contributed by atoms with E-state index in [2.05, 4.69) is 17.2 Å². The summed E-state index contributed by atoms with van der Waals surface area (Å²) in [5.74, 6) is 3.62. The minimum absolute atomic E-state index is 0.130. The summed E-state index contributed by atoms with van der Waals surface area (Å²) < 4.78 is 31.4. The highest BCUT2D eigenvalue weighted by atomic mass is 19.3. The number of carbonyl (C=O) groups is 2. The van der Waals surface area contributed by atoms with Crippen molar-refractivity contribution in [1.29, 1.82) is 0 Å². The molecule has 0 saturated carbocycles. The Kier molecular flexibility index (Phi) is 7.90. The summed E-state index contributed by atoms with van der Waals surface area (Å²) in [6.07, 6.45) is 0.338. The molecule has 0 aromatic heterocycles. The fourth-order valence-corrected chi connectivity index (χ4v) is 1.99. The van der Waals surface area contributed by atoms with Crippen molar-refractivity contribution in [2.75, 3.05) is 7.11 Å². The van der Waals surface area contributed by atoms with Gasteiger partial charge in [-0.25, -0.2) is 14.3 Å². The standard InChI is InChI=1S/C18H20F2N2O4/c1-4-5-6-7-12-8-10-13(11-9-12)15(23)21-14(16(24)22-25)18(2,26-3)17(19)20/h4-5,8-11,14,17,25H,1-3H3,(H,21,23)(H,22,24)/b5-4+/t14-,18?/m1/s1. The van der Waals surface area contributed by atoms with E-state index in [1.807, 2.05) is 6.92 Å². The maximum absolute atomic E-state index is 13.3. The number of hydrogen-bond acceptors (Lipinski definition) is 4. The number of benzene rings is 1. The Labute approximate surface area is 150 Å². The zero-order valence-electron chi connectivity index (χ0n) is 14.5. The Morgan fingerprint density at radius 3 is 2.38 bits per heavy atom. The van der Waals surface area contributed by atoms with Crippen molar-refractivity contribution in [2.24, 2.45) is 0 Å². The van der Waals surface area contributed by atoms with Crippen molar-refractivity contribution < 1.29 is 28.3 Å². The van der Waals surface area contributed by atoms with Crippen molar-refractivity contribution in [3.05, 3.63) is 47.5 Å². The molecular weight excluding hydrogens is 346 g/mol. The van der Waals surface area contributed by atoms with E-state index in [0.717, 1.165) is 14.0 Å². The minimum atomic E-state index is -3.10. The number of ether oxygens (including phenoxy) is 1. The number of rotatable bonds is 6. The highest BCUT2D eigenvalue weighted by molar-refractivity contribution is 5.97. The number of halogens is 2. The Bertz CT molecular complexity index is 723. The van der Waals surface area contributed by atoms with E-state index >= 15 is 0 Å². The van der Waals surface area contributed by atoms with Crippen molar-refractivity contribution in [3.8, 4) is 11.8 Å². The van der Waals surface area contributed by atoms with Gasteiger partial charge in [0.2, 0.25) is 0 Å². The molecule has 2 amide bonds. The van der Waals surface area contributed by atoms with Gasteiger partial charge >= 0.3 is 0 Å². The maximum Gasteiger partial charge on any atom is 0.269 e. The van der Waals surface area contributed by atoms with Crippen LogP contribution in [0, 0.1) is 11.8 Å². The number of amides is 2. The van der Waals surface area contributed by atoms with Gasteiger partial charge in [-0.1, -0.05) is 17.9 Å². The molecule has 26 heavy (non-hydrogen) atoms. The molecule has 0 fully saturated rings. The molecule has 0 aliphatic heterocycles. The van der Waals surface area contributed by atoms with Crippen LogP contribution in [0.1, 0.15) is 29.8 Å². The van der Waals surface area contributed by atoms with Crippen LogP contribution in [0.25, 0.3) is 0 Å². The Balaban J connectivity index is 3.04. The first-order valence-electron chi connectivity index (χ1n) is 7.61. The van der Waals surface area contributed by atoms with Crippen molar-refractivity contribution >= 4 is 11.8 Å². The summed E-state index contributed by atoms with van der Waals surface area (Å²) in [5.41, 5.74) is -0.289. The Hall–Kier alpha value is -2.76. The molecule has 0 heterocycles. The molecule has 8 heteroatoms. The molecule has 1 aromatic carbocycles. The summed E-state index contributed by atoms with van der Waals surface area (Å²) in [4.78, 5) is 24.1. The molecule has 6 nitrogen and oxygen atoms in total. The van der Waals surface area contributed by atoms with Crippen molar-refractivity contribution in [2.45, 2.75) is 31.9 Å². The fourth-order valence-electron chi connectivity index (χ4n) is 1.99. The molecular formula is C18H20F2N2O4. The highest BCUT2D eigenvalue weighted by Crippen LogP contribution is 2.24. The van der Waals surface area contributed by atoms with E-state index in [9.17, 15) is 18.4 Å². The first kappa shape index (κ1) is 21.3. The SMILES string of the molecule is C/C=C/C#Cc1ccc(C(=O)N[C@H](C(=O)NO)C(C)(OC)C(F)F)cc1. The number of nitrogens with one attached hydrogen (secondary N) is 2. The zero-order chi connectivity index (χ0) is 19.7. The predicted molar refractivity (Wildman–Crippen MR) is 90.7 cm³/mol. The molecule has 1 rings (SSSR count). The first-order valence-corrected chi connectivity index (χ1v) is 7.61. The van der Waals surface area contributed by atoms with E-state index in [1.165, 1.54) is 17.6 Å². The van der Waals surface area contributed by atoms with Crippen LogP contribution in [0.5, 0.6) is 0 Å². The van der Waals surface area contributed by atoms with Gasteiger partial charge in [-0.3, -0.25) is 14.8 Å². The van der Waals surface area contributed by atoms with Gasteiger partial charge in [-0.15, -0.1) is 0 Å². The number of methoxy groups -OCH3 is 1. The average molecular weight is 366 g/mol. The maximum atomic E-state index is 13.3. The van der Waals surface area contributed by atoms with Crippen LogP contribution >= 0.6 is 0 Å². The minimum Gasteiger partial charge on any atom is -0.370 e. The fraction of sp³-hybridized carbons (Fsp3) is 0.333. The smallest absolute Gasteiger partial charge is 0.269 e. The van der Waals surface area contributed by atoms with Gasteiger partial charge in [0, 0.05) is 18.2 Å². The van der Waals surface area contributed by atoms with Gasteiger partial charge in [0.15, 0.2) is 5.60 Å². The van der Waals surface area contributed by atoms with E-state index in [0.29, 0.717) is 5.56 Å². The normalized spacial score (nSPS) is 14.3. The molecule has 0 aliphatic carbocycles. The third-order valence-corrected chi connectivity index (χ3v) is 3.71. The molecule has 140 valence electrons. The third-order valence-electron chi connectivity index (χ3n) is 3.71. The monoisotopic (exact) mass is 366 g/mol. The number of hydrogen-bond donors (Lipinski definition) is 3. The van der Waals surface area contributed by atoms with Crippen LogP contribution in [0.4, 0.5) is 8.78 Å². The number of alkyl halides is 2. The molecule has 0 saturated heterocycles. The first-order chi connectivity index (χ1) is 12.3. The second-order valence-electron chi connectivity index (χ2n) is 5.42. The van der Waals surface area contributed by atoms with Crippen molar-refractivity contribution in [1.82, 2.24) is 10.8 Å². The van der Waals surface area contributed by atoms with Gasteiger partial charge in [0.1, 0.15) is 6.04 Å². The molecule has 3 N–H and O–H groups in total. The quantitative estimate of drug-likeness (QED) is 0.408. The highest BCUT2D eigenvalue weighted by Gasteiger charge is 2.48. The molecule has 2 atom stereocenters. The lowest BCUT2D eigenvalue weighted by Crippen LogP contribution is -2.62. The van der Waals surface area contributed by atoms with E-state index in [1.54, 1.807) is 24.3 Å². The molecule has 0 radical (unpaired) electrons.